The van der Waals surface area contributed by atoms with Crippen molar-refractivity contribution in [2.75, 3.05) is 0 Å². The molecule has 0 aromatic carbocycles. The Morgan fingerprint density at radius 3 is 1.71 bits per heavy atom. The van der Waals surface area contributed by atoms with E-state index < -0.39 is 35.9 Å². The molecule has 0 aliphatic rings. The molecule has 0 spiro atoms. The Morgan fingerprint density at radius 2 is 1.38 bits per heavy atom. The molecule has 0 radical (unpaired) electrons. The monoisotopic (exact) mass is 336 g/mol. The normalized spacial score (nSPS) is 15.1. The molecule has 0 aliphatic carbocycles. The third kappa shape index (κ3) is 3.59. The zero-order valence-corrected chi connectivity index (χ0v) is 9.88. The number of esters is 1. The summed E-state index contributed by atoms with van der Waals surface area (Å²) in [5.74, 6) is -19.3. The molecule has 124 valence electrons. The molecule has 0 fully saturated rings. The van der Waals surface area contributed by atoms with Gasteiger partial charge in [-0.05, 0) is 12.5 Å². The lowest BCUT2D eigenvalue weighted by Crippen LogP contribution is -2.62. The summed E-state index contributed by atoms with van der Waals surface area (Å²) in [6.45, 7) is 1.18. The summed E-state index contributed by atoms with van der Waals surface area (Å²) in [5, 5.41) is 0. The highest BCUT2D eigenvalue weighted by molar-refractivity contribution is 5.86. The fourth-order valence-corrected chi connectivity index (χ4v) is 0.853. The van der Waals surface area contributed by atoms with Crippen molar-refractivity contribution in [2.45, 2.75) is 37.5 Å². The van der Waals surface area contributed by atoms with Crippen LogP contribution in [0.3, 0.4) is 0 Å². The van der Waals surface area contributed by atoms with Gasteiger partial charge in [-0.15, -0.1) is 0 Å². The highest BCUT2D eigenvalue weighted by atomic mass is 19.4. The number of hydrogen-bond donors (Lipinski definition) is 0. The van der Waals surface area contributed by atoms with Crippen LogP contribution in [0.2, 0.25) is 0 Å². The van der Waals surface area contributed by atoms with Gasteiger partial charge in [0.2, 0.25) is 5.83 Å². The van der Waals surface area contributed by atoms with Crippen molar-refractivity contribution >= 4 is 5.97 Å². The lowest BCUT2D eigenvalue weighted by molar-refractivity contribution is -0.435. The Labute approximate surface area is 110 Å². The van der Waals surface area contributed by atoms with Crippen molar-refractivity contribution in [3.8, 4) is 0 Å². The highest BCUT2D eigenvalue weighted by Crippen LogP contribution is 2.53. The first-order chi connectivity index (χ1) is 9.12. The maximum Gasteiger partial charge on any atom is 0.473 e. The second-order valence-electron chi connectivity index (χ2n) is 3.51. The van der Waals surface area contributed by atoms with Gasteiger partial charge in [-0.3, -0.25) is 0 Å². The fraction of sp³-hybridized carbons (Fsp3) is 0.667. The smallest absolute Gasteiger partial charge is 0.391 e. The predicted molar refractivity (Wildman–Crippen MR) is 46.5 cm³/mol. The number of halogens is 10. The zero-order chi connectivity index (χ0) is 17.3. The number of carbonyl (C=O) groups is 1. The molecule has 0 saturated carbocycles. The molecule has 21 heavy (non-hydrogen) atoms. The molecular weight excluding hydrogens is 330 g/mol. The Bertz CT molecular complexity index is 423. The molecule has 2 nitrogen and oxygen atoms in total. The van der Waals surface area contributed by atoms with E-state index in [0.717, 1.165) is 0 Å². The molecule has 0 aromatic rings. The number of hydrogen-bond acceptors (Lipinski definition) is 2. The van der Waals surface area contributed by atoms with E-state index >= 15 is 0 Å². The average Bonchev–Trinajstić information content (AvgIpc) is 2.26. The van der Waals surface area contributed by atoms with E-state index in [9.17, 15) is 48.7 Å². The van der Waals surface area contributed by atoms with E-state index in [1.165, 1.54) is 6.92 Å². The standard InChI is InChI=1S/C9H6F10O2/c1-2-3-4(10)5(20)21-9(18,19)7(13,14)6(11,12)8(15,16)17/h3H,2H2,1H3. The zero-order valence-electron chi connectivity index (χ0n) is 9.88. The van der Waals surface area contributed by atoms with Gasteiger partial charge >= 0.3 is 30.1 Å². The second kappa shape index (κ2) is 5.72. The van der Waals surface area contributed by atoms with E-state index in [1.807, 2.05) is 0 Å². The summed E-state index contributed by atoms with van der Waals surface area (Å²) in [6, 6.07) is 0. The SMILES string of the molecule is CCC=C(F)C(=O)OC(F)(F)C(F)(F)C(F)(F)C(F)(F)F. The lowest BCUT2D eigenvalue weighted by atomic mass is 10.1. The fourth-order valence-electron chi connectivity index (χ4n) is 0.853. The molecule has 0 N–H and O–H groups in total. The van der Waals surface area contributed by atoms with E-state index in [2.05, 4.69) is 4.74 Å². The van der Waals surface area contributed by atoms with E-state index in [1.54, 1.807) is 0 Å². The van der Waals surface area contributed by atoms with Gasteiger partial charge < -0.3 is 4.74 Å². The summed E-state index contributed by atoms with van der Waals surface area (Å²) in [5.41, 5.74) is 0. The molecule has 0 aliphatic heterocycles. The number of carbonyl (C=O) groups excluding carboxylic acids is 1. The molecule has 0 rings (SSSR count). The van der Waals surface area contributed by atoms with Gasteiger partial charge in [0.25, 0.3) is 0 Å². The Kier molecular flexibility index (Phi) is 5.31. The first-order valence-corrected chi connectivity index (χ1v) is 4.91. The molecular formula is C9H6F10O2. The second-order valence-corrected chi connectivity index (χ2v) is 3.51. The molecule has 12 heteroatoms. The number of alkyl halides is 9. The van der Waals surface area contributed by atoms with Crippen LogP contribution < -0.4 is 0 Å². The van der Waals surface area contributed by atoms with Crippen molar-refractivity contribution in [2.24, 2.45) is 0 Å². The van der Waals surface area contributed by atoms with Crippen LogP contribution in [0.5, 0.6) is 0 Å². The van der Waals surface area contributed by atoms with E-state index in [4.69, 9.17) is 0 Å². The summed E-state index contributed by atoms with van der Waals surface area (Å²) in [6.07, 6.45) is -13.7. The quantitative estimate of drug-likeness (QED) is 0.427. The average molecular weight is 336 g/mol. The van der Waals surface area contributed by atoms with E-state index in [0.29, 0.717) is 0 Å². The minimum absolute atomic E-state index is 0.262. The minimum atomic E-state index is -7.21. The third-order valence-corrected chi connectivity index (χ3v) is 1.92. The van der Waals surface area contributed by atoms with Gasteiger partial charge in [0.05, 0.1) is 0 Å². The topological polar surface area (TPSA) is 26.3 Å². The van der Waals surface area contributed by atoms with Crippen LogP contribution in [0, 0.1) is 0 Å². The van der Waals surface area contributed by atoms with Gasteiger partial charge in [0.15, 0.2) is 0 Å². The summed E-state index contributed by atoms with van der Waals surface area (Å²) < 4.78 is 126. The molecule has 0 unspecified atom stereocenters. The van der Waals surface area contributed by atoms with Crippen molar-refractivity contribution in [3.63, 3.8) is 0 Å². The maximum absolute atomic E-state index is 12.7. The van der Waals surface area contributed by atoms with Crippen LogP contribution in [0.15, 0.2) is 11.9 Å². The maximum atomic E-state index is 12.7. The van der Waals surface area contributed by atoms with Gasteiger partial charge in [0, 0.05) is 0 Å². The Morgan fingerprint density at radius 1 is 0.952 bits per heavy atom. The summed E-state index contributed by atoms with van der Waals surface area (Å²) in [4.78, 5) is 10.6. The molecule has 0 heterocycles. The van der Waals surface area contributed by atoms with Gasteiger partial charge in [-0.25, -0.2) is 4.79 Å². The molecule has 0 aromatic heterocycles. The highest BCUT2D eigenvalue weighted by Gasteiger charge is 2.84. The van der Waals surface area contributed by atoms with Crippen molar-refractivity contribution in [1.29, 1.82) is 0 Å². The molecule has 0 bridgehead atoms. The largest absolute Gasteiger partial charge is 0.473 e. The number of rotatable bonds is 5. The molecule has 0 atom stereocenters. The van der Waals surface area contributed by atoms with Crippen LogP contribution in [0.4, 0.5) is 43.9 Å². The Balaban J connectivity index is 5.50. The van der Waals surface area contributed by atoms with E-state index in [-0.39, 0.29) is 12.5 Å². The Hall–Kier alpha value is -1.49. The van der Waals surface area contributed by atoms with Crippen LogP contribution in [-0.2, 0) is 9.53 Å². The molecule has 0 saturated heterocycles. The van der Waals surface area contributed by atoms with Crippen molar-refractivity contribution < 1.29 is 53.4 Å². The van der Waals surface area contributed by atoms with Crippen LogP contribution in [-0.4, -0.2) is 30.1 Å². The first-order valence-electron chi connectivity index (χ1n) is 4.91. The van der Waals surface area contributed by atoms with Crippen molar-refractivity contribution in [1.82, 2.24) is 0 Å². The van der Waals surface area contributed by atoms with Crippen LogP contribution in [0.25, 0.3) is 0 Å². The van der Waals surface area contributed by atoms with Gasteiger partial charge in [-0.2, -0.15) is 43.9 Å². The van der Waals surface area contributed by atoms with Crippen molar-refractivity contribution in [3.05, 3.63) is 11.9 Å². The summed E-state index contributed by atoms with van der Waals surface area (Å²) in [7, 11) is 0. The molecule has 0 amide bonds. The van der Waals surface area contributed by atoms with Gasteiger partial charge in [-0.1, -0.05) is 6.92 Å². The van der Waals surface area contributed by atoms with Gasteiger partial charge in [0.1, 0.15) is 0 Å². The van der Waals surface area contributed by atoms with Crippen LogP contribution in [0.1, 0.15) is 13.3 Å². The van der Waals surface area contributed by atoms with Crippen LogP contribution >= 0.6 is 0 Å². The number of ether oxygens (including phenoxy) is 1. The first kappa shape index (κ1) is 19.5. The third-order valence-electron chi connectivity index (χ3n) is 1.92. The lowest BCUT2D eigenvalue weighted by Gasteiger charge is -2.32. The summed E-state index contributed by atoms with van der Waals surface area (Å²) >= 11 is 0. The minimum Gasteiger partial charge on any atom is -0.391 e. The number of allylic oxidation sites excluding steroid dienone is 1. The predicted octanol–water partition coefficient (Wildman–Crippen LogP) is 4.22.